The van der Waals surface area contributed by atoms with Crippen molar-refractivity contribution in [2.75, 3.05) is 6.61 Å². The van der Waals surface area contributed by atoms with E-state index in [1.807, 2.05) is 0 Å². The number of epoxide rings is 1. The van der Waals surface area contributed by atoms with Crippen LogP contribution < -0.4 is 5.32 Å². The Morgan fingerprint density at radius 1 is 1.36 bits per heavy atom. The number of amides is 2. The number of halogens is 2. The van der Waals surface area contributed by atoms with E-state index in [2.05, 4.69) is 5.32 Å². The van der Waals surface area contributed by atoms with Crippen molar-refractivity contribution in [3.63, 3.8) is 0 Å². The van der Waals surface area contributed by atoms with E-state index in [9.17, 15) is 9.59 Å². The van der Waals surface area contributed by atoms with Crippen molar-refractivity contribution >= 4 is 35.0 Å². The third-order valence-corrected chi connectivity index (χ3v) is 4.81. The Morgan fingerprint density at radius 2 is 2.00 bits per heavy atom. The molecule has 0 aromatic heterocycles. The number of carbonyl (C=O) groups is 2. The number of alkyl halides is 2. The molecule has 0 aromatic carbocycles. The van der Waals surface area contributed by atoms with Gasteiger partial charge in [-0.3, -0.25) is 14.9 Å². The lowest BCUT2D eigenvalue weighted by molar-refractivity contribution is -0.125. The first-order valence-corrected chi connectivity index (χ1v) is 5.11. The second-order valence-corrected chi connectivity index (χ2v) is 5.22. The summed E-state index contributed by atoms with van der Waals surface area (Å²) in [7, 11) is 0. The van der Waals surface area contributed by atoms with Crippen LogP contribution in [0.15, 0.2) is 0 Å². The van der Waals surface area contributed by atoms with Crippen molar-refractivity contribution in [2.45, 2.75) is 22.3 Å². The molecular weight excluding hydrogens is 229 g/mol. The summed E-state index contributed by atoms with van der Waals surface area (Å²) in [6.45, 7) is 0.605. The van der Waals surface area contributed by atoms with Gasteiger partial charge < -0.3 is 4.74 Å². The van der Waals surface area contributed by atoms with Gasteiger partial charge in [0.1, 0.15) is 0 Å². The second kappa shape index (κ2) is 2.26. The maximum Gasteiger partial charge on any atom is 0.250 e. The summed E-state index contributed by atoms with van der Waals surface area (Å²) in [5.41, 5.74) is 0. The minimum absolute atomic E-state index is 0.00368. The number of hydrogen-bond donors (Lipinski definition) is 1. The lowest BCUT2D eigenvalue weighted by Crippen LogP contribution is -2.66. The van der Waals surface area contributed by atoms with Gasteiger partial charge in [0.25, 0.3) is 5.91 Å². The van der Waals surface area contributed by atoms with E-state index in [1.165, 1.54) is 0 Å². The molecule has 2 amide bonds. The van der Waals surface area contributed by atoms with Crippen LogP contribution in [0.4, 0.5) is 0 Å². The Kier molecular flexibility index (Phi) is 1.44. The first-order valence-electron chi connectivity index (χ1n) is 4.35. The van der Waals surface area contributed by atoms with Crippen molar-refractivity contribution in [2.24, 2.45) is 5.92 Å². The topological polar surface area (TPSA) is 58.7 Å². The van der Waals surface area contributed by atoms with E-state index in [-0.39, 0.29) is 12.0 Å². The minimum atomic E-state index is -1.28. The van der Waals surface area contributed by atoms with E-state index >= 15 is 0 Å². The van der Waals surface area contributed by atoms with Gasteiger partial charge in [0.15, 0.2) is 9.75 Å². The van der Waals surface area contributed by atoms with Gasteiger partial charge in [-0.15, -0.1) is 23.2 Å². The number of rotatable bonds is 1. The molecule has 4 atom stereocenters. The second-order valence-electron chi connectivity index (χ2n) is 3.98. The van der Waals surface area contributed by atoms with Crippen molar-refractivity contribution in [1.29, 1.82) is 0 Å². The van der Waals surface area contributed by atoms with Gasteiger partial charge in [-0.1, -0.05) is 0 Å². The quantitative estimate of drug-likeness (QED) is 0.396. The predicted octanol–water partition coefficient (Wildman–Crippen LogP) is 0.0167. The maximum atomic E-state index is 11.5. The molecule has 0 aromatic rings. The lowest BCUT2D eigenvalue weighted by atomic mass is 9.63. The summed E-state index contributed by atoms with van der Waals surface area (Å²) in [5, 5.41) is 2.18. The number of ether oxygens (including phenoxy) is 1. The Bertz CT molecular complexity index is 356. The van der Waals surface area contributed by atoms with Crippen LogP contribution >= 0.6 is 23.2 Å². The Balaban J connectivity index is 2.01. The number of nitrogens with one attached hydrogen (secondary N) is 1. The molecular formula is C8H7Cl2NO3. The van der Waals surface area contributed by atoms with E-state index in [4.69, 9.17) is 27.9 Å². The SMILES string of the molecule is O=C1NC(=O)C2(Cl)C(C3CO3)CC12Cl. The molecule has 1 saturated carbocycles. The molecule has 6 heteroatoms. The van der Waals surface area contributed by atoms with Crippen LogP contribution in [0.5, 0.6) is 0 Å². The standard InChI is InChI=1S/C8H7Cl2NO3/c9-7-1-3(4-2-14-4)8(7,10)6(13)11-5(7)12/h3-4H,1-2H2,(H,11,12,13). The zero-order valence-electron chi connectivity index (χ0n) is 7.05. The molecule has 1 N–H and O–H groups in total. The number of hydrogen-bond acceptors (Lipinski definition) is 3. The third kappa shape index (κ3) is 0.731. The highest BCUT2D eigenvalue weighted by atomic mass is 35.5. The molecule has 0 spiro atoms. The molecule has 3 aliphatic rings. The maximum absolute atomic E-state index is 11.5. The Morgan fingerprint density at radius 3 is 2.50 bits per heavy atom. The molecule has 1 aliphatic carbocycles. The molecule has 3 fully saturated rings. The fourth-order valence-electron chi connectivity index (χ4n) is 2.33. The highest BCUT2D eigenvalue weighted by Gasteiger charge is 2.79. The number of fused-ring (bicyclic) bond motifs is 1. The first-order chi connectivity index (χ1) is 6.50. The highest BCUT2D eigenvalue weighted by Crippen LogP contribution is 2.62. The van der Waals surface area contributed by atoms with Crippen LogP contribution in [0, 0.1) is 5.92 Å². The summed E-state index contributed by atoms with van der Waals surface area (Å²) in [4.78, 5) is 20.4. The highest BCUT2D eigenvalue weighted by molar-refractivity contribution is 6.54. The zero-order valence-corrected chi connectivity index (χ0v) is 8.56. The average Bonchev–Trinajstić information content (AvgIpc) is 2.92. The van der Waals surface area contributed by atoms with Crippen molar-refractivity contribution in [3.8, 4) is 0 Å². The van der Waals surface area contributed by atoms with Crippen LogP contribution in [0.3, 0.4) is 0 Å². The summed E-state index contributed by atoms with van der Waals surface area (Å²) >= 11 is 12.2. The molecule has 0 bridgehead atoms. The Hall–Kier alpha value is -0.320. The summed E-state index contributed by atoms with van der Waals surface area (Å²) in [5.74, 6) is -1.09. The molecule has 2 aliphatic heterocycles. The predicted molar refractivity (Wildman–Crippen MR) is 48.2 cm³/mol. The van der Waals surface area contributed by atoms with Gasteiger partial charge in [0.2, 0.25) is 5.91 Å². The summed E-state index contributed by atoms with van der Waals surface area (Å²) < 4.78 is 5.08. The Labute approximate surface area is 89.9 Å². The lowest BCUT2D eigenvalue weighted by Gasteiger charge is -2.49. The van der Waals surface area contributed by atoms with Crippen LogP contribution in [0.2, 0.25) is 0 Å². The van der Waals surface area contributed by atoms with Gasteiger partial charge in [-0.2, -0.15) is 0 Å². The van der Waals surface area contributed by atoms with Gasteiger partial charge in [0.05, 0.1) is 12.7 Å². The zero-order chi connectivity index (χ0) is 10.1. The summed E-state index contributed by atoms with van der Waals surface area (Å²) in [6, 6.07) is 0. The normalized spacial score (nSPS) is 55.0. The first kappa shape index (κ1) is 8.95. The van der Waals surface area contributed by atoms with Crippen LogP contribution in [0.1, 0.15) is 6.42 Å². The van der Waals surface area contributed by atoms with Gasteiger partial charge in [-0.25, -0.2) is 0 Å². The van der Waals surface area contributed by atoms with Crippen LogP contribution in [0.25, 0.3) is 0 Å². The van der Waals surface area contributed by atoms with E-state index in [0.717, 1.165) is 0 Å². The smallest absolute Gasteiger partial charge is 0.250 e. The molecule has 4 unspecified atom stereocenters. The third-order valence-electron chi connectivity index (χ3n) is 3.31. The molecule has 2 saturated heterocycles. The van der Waals surface area contributed by atoms with Gasteiger partial charge in [0, 0.05) is 5.92 Å². The fraction of sp³-hybridized carbons (Fsp3) is 0.750. The minimum Gasteiger partial charge on any atom is -0.373 e. The molecule has 76 valence electrons. The molecule has 3 rings (SSSR count). The average molecular weight is 236 g/mol. The van der Waals surface area contributed by atoms with Crippen molar-refractivity contribution in [1.82, 2.24) is 5.32 Å². The van der Waals surface area contributed by atoms with E-state index in [0.29, 0.717) is 13.0 Å². The fourth-order valence-corrected chi connectivity index (χ4v) is 3.20. The number of imide groups is 1. The van der Waals surface area contributed by atoms with Gasteiger partial charge in [-0.05, 0) is 6.42 Å². The molecule has 14 heavy (non-hydrogen) atoms. The van der Waals surface area contributed by atoms with E-state index in [1.54, 1.807) is 0 Å². The van der Waals surface area contributed by atoms with E-state index < -0.39 is 21.6 Å². The van der Waals surface area contributed by atoms with Crippen LogP contribution in [-0.2, 0) is 14.3 Å². The van der Waals surface area contributed by atoms with Gasteiger partial charge >= 0.3 is 0 Å². The molecule has 0 radical (unpaired) electrons. The van der Waals surface area contributed by atoms with Crippen LogP contribution in [-0.4, -0.2) is 34.3 Å². The molecule has 2 heterocycles. The summed E-state index contributed by atoms with van der Waals surface area (Å²) in [6.07, 6.45) is 0.413. The molecule has 4 nitrogen and oxygen atoms in total. The number of carbonyl (C=O) groups excluding carboxylic acids is 2. The monoisotopic (exact) mass is 235 g/mol. The largest absolute Gasteiger partial charge is 0.373 e. The van der Waals surface area contributed by atoms with Crippen molar-refractivity contribution in [3.05, 3.63) is 0 Å². The van der Waals surface area contributed by atoms with Crippen molar-refractivity contribution < 1.29 is 14.3 Å².